The van der Waals surface area contributed by atoms with Gasteiger partial charge in [0.2, 0.25) is 0 Å². The molecule has 0 radical (unpaired) electrons. The lowest BCUT2D eigenvalue weighted by Crippen LogP contribution is -1.78. The Kier molecular flexibility index (Phi) is 3.52. The zero-order valence-corrected chi connectivity index (χ0v) is 8.73. The van der Waals surface area contributed by atoms with Crippen LogP contribution in [0.25, 0.3) is 5.03 Å². The smallest absolute Gasteiger partial charge is 0.0724 e. The third-order valence-electron chi connectivity index (χ3n) is 1.64. The molecular weight excluding hydrogens is 205 g/mol. The first-order chi connectivity index (χ1) is 6.19. The Bertz CT molecular complexity index is 356. The quantitative estimate of drug-likeness (QED) is 0.651. The van der Waals surface area contributed by atoms with Crippen molar-refractivity contribution < 1.29 is 0 Å². The van der Waals surface area contributed by atoms with Crippen molar-refractivity contribution in [3.8, 4) is 0 Å². The number of rotatable bonds is 2. The molecule has 1 nitrogen and oxygen atoms in total. The highest BCUT2D eigenvalue weighted by molar-refractivity contribution is 6.49. The van der Waals surface area contributed by atoms with Crippen LogP contribution in [-0.4, -0.2) is 6.72 Å². The highest BCUT2D eigenvalue weighted by atomic mass is 35.5. The zero-order chi connectivity index (χ0) is 9.84. The van der Waals surface area contributed by atoms with Crippen LogP contribution >= 0.6 is 23.2 Å². The molecule has 0 saturated carbocycles. The molecule has 0 aromatic heterocycles. The van der Waals surface area contributed by atoms with Gasteiger partial charge in [0.15, 0.2) is 0 Å². The summed E-state index contributed by atoms with van der Waals surface area (Å²) in [4.78, 5) is 3.84. The van der Waals surface area contributed by atoms with Gasteiger partial charge in [-0.25, -0.2) is 0 Å². The standard InChI is InChI=1S/C10H9Cl2N/c1-3-9(12)8-5-4-7(11)6-10(8)13-2/h3-6H,2H2,1H3/b9-3+. The van der Waals surface area contributed by atoms with Crippen molar-refractivity contribution in [1.82, 2.24) is 0 Å². The van der Waals surface area contributed by atoms with E-state index in [9.17, 15) is 0 Å². The highest BCUT2D eigenvalue weighted by Gasteiger charge is 2.03. The number of hydrogen-bond acceptors (Lipinski definition) is 1. The lowest BCUT2D eigenvalue weighted by Gasteiger charge is -2.03. The number of halogens is 2. The van der Waals surface area contributed by atoms with Gasteiger partial charge >= 0.3 is 0 Å². The summed E-state index contributed by atoms with van der Waals surface area (Å²) in [5.74, 6) is 0. The molecule has 3 heteroatoms. The second-order valence-corrected chi connectivity index (χ2v) is 3.30. The molecule has 0 amide bonds. The fraction of sp³-hybridized carbons (Fsp3) is 0.100. The van der Waals surface area contributed by atoms with Crippen molar-refractivity contribution in [3.05, 3.63) is 34.9 Å². The van der Waals surface area contributed by atoms with Crippen LogP contribution < -0.4 is 0 Å². The predicted molar refractivity (Wildman–Crippen MR) is 60.2 cm³/mol. The van der Waals surface area contributed by atoms with Crippen molar-refractivity contribution in [2.24, 2.45) is 4.99 Å². The van der Waals surface area contributed by atoms with E-state index in [1.54, 1.807) is 18.2 Å². The van der Waals surface area contributed by atoms with E-state index in [-0.39, 0.29) is 0 Å². The Balaban J connectivity index is 3.29. The summed E-state index contributed by atoms with van der Waals surface area (Å²) in [5, 5.41) is 1.28. The summed E-state index contributed by atoms with van der Waals surface area (Å²) in [6.45, 7) is 5.32. The van der Waals surface area contributed by atoms with Gasteiger partial charge in [0, 0.05) is 15.6 Å². The van der Waals surface area contributed by atoms with Gasteiger partial charge in [0.1, 0.15) is 0 Å². The molecule has 0 heterocycles. The van der Waals surface area contributed by atoms with Crippen LogP contribution in [0.1, 0.15) is 12.5 Å². The molecule has 1 rings (SSSR count). The van der Waals surface area contributed by atoms with Gasteiger partial charge < -0.3 is 0 Å². The van der Waals surface area contributed by atoms with Crippen LogP contribution in [0.5, 0.6) is 0 Å². The Hall–Kier alpha value is -0.790. The minimum Gasteiger partial charge on any atom is -0.264 e. The van der Waals surface area contributed by atoms with Gasteiger partial charge in [-0.05, 0) is 31.8 Å². The Morgan fingerprint density at radius 1 is 1.54 bits per heavy atom. The van der Waals surface area contributed by atoms with E-state index in [2.05, 4.69) is 11.7 Å². The van der Waals surface area contributed by atoms with Gasteiger partial charge in [0.25, 0.3) is 0 Å². The maximum absolute atomic E-state index is 5.96. The summed E-state index contributed by atoms with van der Waals surface area (Å²) in [5.41, 5.74) is 1.55. The van der Waals surface area contributed by atoms with E-state index < -0.39 is 0 Å². The van der Waals surface area contributed by atoms with E-state index in [1.807, 2.05) is 13.0 Å². The maximum atomic E-state index is 5.96. The molecule has 0 unspecified atom stereocenters. The molecule has 0 saturated heterocycles. The molecule has 0 spiro atoms. The Labute approximate surface area is 87.7 Å². The molecule has 13 heavy (non-hydrogen) atoms. The van der Waals surface area contributed by atoms with Crippen molar-refractivity contribution in [2.75, 3.05) is 0 Å². The van der Waals surface area contributed by atoms with Crippen molar-refractivity contribution in [1.29, 1.82) is 0 Å². The number of nitrogens with zero attached hydrogens (tertiary/aromatic N) is 1. The Morgan fingerprint density at radius 3 is 2.77 bits per heavy atom. The van der Waals surface area contributed by atoms with Gasteiger partial charge in [0.05, 0.1) is 5.69 Å². The first kappa shape index (κ1) is 10.3. The predicted octanol–water partition coefficient (Wildman–Crippen LogP) is 4.27. The SMILES string of the molecule is C=Nc1cc(Cl)ccc1/C(Cl)=C\C. The molecule has 68 valence electrons. The fourth-order valence-electron chi connectivity index (χ4n) is 0.993. The van der Waals surface area contributed by atoms with Crippen LogP contribution in [-0.2, 0) is 0 Å². The van der Waals surface area contributed by atoms with Crippen LogP contribution in [0.3, 0.4) is 0 Å². The molecule has 0 aliphatic rings. The van der Waals surface area contributed by atoms with Crippen LogP contribution in [0.2, 0.25) is 5.02 Å². The molecule has 0 fully saturated rings. The van der Waals surface area contributed by atoms with Crippen molar-refractivity contribution in [2.45, 2.75) is 6.92 Å². The first-order valence-corrected chi connectivity index (χ1v) is 4.53. The monoisotopic (exact) mass is 213 g/mol. The average Bonchev–Trinajstić information content (AvgIpc) is 2.16. The summed E-state index contributed by atoms with van der Waals surface area (Å²) >= 11 is 11.8. The van der Waals surface area contributed by atoms with E-state index in [0.29, 0.717) is 15.7 Å². The normalized spacial score (nSPS) is 11.5. The second kappa shape index (κ2) is 4.45. The number of aliphatic imine (C=N–C) groups is 1. The van der Waals surface area contributed by atoms with E-state index >= 15 is 0 Å². The topological polar surface area (TPSA) is 12.4 Å². The third-order valence-corrected chi connectivity index (χ3v) is 2.30. The zero-order valence-electron chi connectivity index (χ0n) is 7.22. The van der Waals surface area contributed by atoms with Crippen LogP contribution in [0.4, 0.5) is 5.69 Å². The highest BCUT2D eigenvalue weighted by Crippen LogP contribution is 2.30. The molecule has 0 N–H and O–H groups in total. The Morgan fingerprint density at radius 2 is 2.23 bits per heavy atom. The van der Waals surface area contributed by atoms with Gasteiger partial charge in [-0.2, -0.15) is 0 Å². The summed E-state index contributed by atoms with van der Waals surface area (Å²) in [6, 6.07) is 5.34. The van der Waals surface area contributed by atoms with Gasteiger partial charge in [-0.3, -0.25) is 4.99 Å². The van der Waals surface area contributed by atoms with E-state index in [0.717, 1.165) is 5.56 Å². The molecule has 0 aliphatic carbocycles. The van der Waals surface area contributed by atoms with Crippen molar-refractivity contribution >= 4 is 40.6 Å². The van der Waals surface area contributed by atoms with E-state index in [1.165, 1.54) is 0 Å². The molecule has 0 atom stereocenters. The molecule has 0 bridgehead atoms. The van der Waals surface area contributed by atoms with Gasteiger partial charge in [-0.15, -0.1) is 0 Å². The largest absolute Gasteiger partial charge is 0.264 e. The van der Waals surface area contributed by atoms with Gasteiger partial charge in [-0.1, -0.05) is 29.3 Å². The summed E-state index contributed by atoms with van der Waals surface area (Å²) in [7, 11) is 0. The first-order valence-electron chi connectivity index (χ1n) is 3.77. The summed E-state index contributed by atoms with van der Waals surface area (Å²) in [6.07, 6.45) is 1.81. The second-order valence-electron chi connectivity index (χ2n) is 2.46. The molecule has 1 aromatic rings. The fourth-order valence-corrected chi connectivity index (χ4v) is 1.32. The van der Waals surface area contributed by atoms with Crippen LogP contribution in [0, 0.1) is 0 Å². The number of benzene rings is 1. The van der Waals surface area contributed by atoms with E-state index in [4.69, 9.17) is 23.2 Å². The van der Waals surface area contributed by atoms with Crippen molar-refractivity contribution in [3.63, 3.8) is 0 Å². The minimum absolute atomic E-state index is 0.631. The number of hydrogen-bond donors (Lipinski definition) is 0. The average molecular weight is 214 g/mol. The molecular formula is C10H9Cl2N. The number of allylic oxidation sites excluding steroid dienone is 1. The molecule has 0 aliphatic heterocycles. The van der Waals surface area contributed by atoms with Crippen LogP contribution in [0.15, 0.2) is 29.3 Å². The lowest BCUT2D eigenvalue weighted by molar-refractivity contribution is 1.51. The third kappa shape index (κ3) is 2.33. The molecule has 1 aromatic carbocycles. The maximum Gasteiger partial charge on any atom is 0.0724 e. The summed E-state index contributed by atoms with van der Waals surface area (Å²) < 4.78 is 0. The lowest BCUT2D eigenvalue weighted by atomic mass is 10.1. The minimum atomic E-state index is 0.631.